The molecule has 0 radical (unpaired) electrons. The van der Waals surface area contributed by atoms with Crippen LogP contribution in [0.3, 0.4) is 0 Å². The molecule has 3 aliphatic rings. The molecule has 2 saturated carbocycles. The van der Waals surface area contributed by atoms with Crippen molar-refractivity contribution in [2.45, 2.75) is 201 Å². The molecule has 7 heteroatoms. The van der Waals surface area contributed by atoms with Crippen LogP contribution in [0, 0.1) is 11.3 Å². The standard InChI is InChI=1S/C42H75NO4Si2/c1-17-21-36(22-18-2)43(32(5)44)46-42(47-49(15,16)40(9,10)11)29-34(31(4)38(30-42)45-48(13,14)39(6,7)8)25-24-33-23-20-28-41(12)35(19-3)26-27-37(33)41/h24-26,36-38H,4,17-23,27-30H2,1-3,5-16H3/t37-,38-,41+,42+/m0/s1. The van der Waals surface area contributed by atoms with Crippen LogP contribution in [0.4, 0.5) is 0 Å². The zero-order valence-electron chi connectivity index (χ0n) is 34.5. The van der Waals surface area contributed by atoms with Crippen LogP contribution in [-0.2, 0) is 18.5 Å². The summed E-state index contributed by atoms with van der Waals surface area (Å²) in [7, 11) is -4.61. The van der Waals surface area contributed by atoms with E-state index in [1.54, 1.807) is 23.1 Å². The van der Waals surface area contributed by atoms with E-state index in [1.807, 2.05) is 0 Å². The van der Waals surface area contributed by atoms with E-state index < -0.39 is 22.4 Å². The zero-order valence-corrected chi connectivity index (χ0v) is 36.5. The number of hydroxylamine groups is 2. The average Bonchev–Trinajstić information content (AvgIpc) is 3.31. The summed E-state index contributed by atoms with van der Waals surface area (Å²) in [5, 5.41) is 1.67. The molecule has 49 heavy (non-hydrogen) atoms. The molecule has 0 spiro atoms. The van der Waals surface area contributed by atoms with Gasteiger partial charge in [0.15, 0.2) is 22.4 Å². The third-order valence-corrected chi connectivity index (χ3v) is 22.0. The Balaban J connectivity index is 2.22. The Morgan fingerprint density at radius 3 is 2.12 bits per heavy atom. The highest BCUT2D eigenvalue weighted by Gasteiger charge is 2.53. The number of hydrogen-bond donors (Lipinski definition) is 0. The Morgan fingerprint density at radius 2 is 1.61 bits per heavy atom. The van der Waals surface area contributed by atoms with Crippen LogP contribution in [0.1, 0.15) is 147 Å². The lowest BCUT2D eigenvalue weighted by Gasteiger charge is -2.52. The fourth-order valence-electron chi connectivity index (χ4n) is 7.97. The smallest absolute Gasteiger partial charge is 0.243 e. The van der Waals surface area contributed by atoms with Crippen molar-refractivity contribution >= 4 is 22.5 Å². The van der Waals surface area contributed by atoms with Gasteiger partial charge in [0.25, 0.3) is 0 Å². The second-order valence-corrected chi connectivity index (χ2v) is 28.3. The number of nitrogens with zero attached hydrogens (tertiary/aromatic N) is 1. The molecule has 5 nitrogen and oxygen atoms in total. The van der Waals surface area contributed by atoms with Gasteiger partial charge in [-0.05, 0) is 104 Å². The van der Waals surface area contributed by atoms with Crippen molar-refractivity contribution in [1.29, 1.82) is 0 Å². The molecule has 3 aliphatic carbocycles. The number of rotatable bonds is 13. The number of allylic oxidation sites excluding steroid dienone is 5. The summed E-state index contributed by atoms with van der Waals surface area (Å²) in [5.74, 6) is -0.560. The predicted octanol–water partition coefficient (Wildman–Crippen LogP) is 12.6. The van der Waals surface area contributed by atoms with Crippen molar-refractivity contribution in [1.82, 2.24) is 5.06 Å². The first-order valence-corrected chi connectivity index (χ1v) is 25.4. The van der Waals surface area contributed by atoms with Gasteiger partial charge in [0.05, 0.1) is 12.1 Å². The lowest BCUT2D eigenvalue weighted by atomic mass is 9.64. The summed E-state index contributed by atoms with van der Waals surface area (Å²) in [6.07, 6.45) is 17.7. The van der Waals surface area contributed by atoms with Gasteiger partial charge in [-0.1, -0.05) is 118 Å². The summed E-state index contributed by atoms with van der Waals surface area (Å²) >= 11 is 0. The van der Waals surface area contributed by atoms with Crippen LogP contribution < -0.4 is 0 Å². The fraction of sp³-hybridized carbons (Fsp3) is 0.786. The Morgan fingerprint density at radius 1 is 1.02 bits per heavy atom. The van der Waals surface area contributed by atoms with E-state index in [1.165, 1.54) is 12.8 Å². The van der Waals surface area contributed by atoms with Crippen LogP contribution >= 0.6 is 0 Å². The summed E-state index contributed by atoms with van der Waals surface area (Å²) in [6.45, 7) is 38.5. The van der Waals surface area contributed by atoms with Crippen LogP contribution in [-0.4, -0.2) is 45.5 Å². The molecule has 0 saturated heterocycles. The first-order valence-electron chi connectivity index (χ1n) is 19.6. The number of carbonyl (C=O) groups excluding carboxylic acids is 1. The fourth-order valence-corrected chi connectivity index (χ4v) is 10.7. The predicted molar refractivity (Wildman–Crippen MR) is 213 cm³/mol. The second-order valence-electron chi connectivity index (χ2n) is 18.8. The van der Waals surface area contributed by atoms with Gasteiger partial charge in [-0.2, -0.15) is 0 Å². The highest BCUT2D eigenvalue weighted by molar-refractivity contribution is 6.74. The maximum atomic E-state index is 13.5. The largest absolute Gasteiger partial charge is 0.410 e. The van der Waals surface area contributed by atoms with Crippen molar-refractivity contribution in [3.8, 4) is 0 Å². The molecule has 0 aromatic heterocycles. The van der Waals surface area contributed by atoms with E-state index in [9.17, 15) is 4.79 Å². The highest BCUT2D eigenvalue weighted by atomic mass is 28.4. The minimum Gasteiger partial charge on any atom is -0.410 e. The summed E-state index contributed by atoms with van der Waals surface area (Å²) < 4.78 is 14.7. The third kappa shape index (κ3) is 9.41. The zero-order chi connectivity index (χ0) is 37.2. The van der Waals surface area contributed by atoms with E-state index in [0.717, 1.165) is 56.1 Å². The number of fused-ring (bicyclic) bond motifs is 1. The van der Waals surface area contributed by atoms with Gasteiger partial charge >= 0.3 is 0 Å². The Kier molecular flexibility index (Phi) is 13.6. The monoisotopic (exact) mass is 714 g/mol. The first kappa shape index (κ1) is 42.2. The molecule has 0 aliphatic heterocycles. The summed E-state index contributed by atoms with van der Waals surface area (Å²) in [4.78, 5) is 20.7. The average molecular weight is 714 g/mol. The maximum Gasteiger partial charge on any atom is 0.243 e. The quantitative estimate of drug-likeness (QED) is 0.0825. The third-order valence-electron chi connectivity index (χ3n) is 13.0. The number of amides is 1. The van der Waals surface area contributed by atoms with Crippen LogP contribution in [0.2, 0.25) is 36.3 Å². The van der Waals surface area contributed by atoms with E-state index in [0.29, 0.717) is 18.8 Å². The molecule has 0 aromatic rings. The lowest BCUT2D eigenvalue weighted by Crippen LogP contribution is -2.59. The number of hydrogen-bond acceptors (Lipinski definition) is 4. The van der Waals surface area contributed by atoms with Gasteiger partial charge in [-0.3, -0.25) is 4.79 Å². The van der Waals surface area contributed by atoms with Gasteiger partial charge in [-0.25, -0.2) is 9.90 Å². The SMILES string of the molecule is C=C1C(=CC=C2CCC[C@]3(C)C(CC)=CC[C@@H]23)C[C@@](ON(C(C)=O)C(CCC)CCC)(O[Si](C)(C)C(C)(C)C)C[C@@H]1O[Si](C)(C)C(C)(C)C. The minimum atomic E-state index is -2.40. The molecule has 1 amide bonds. The Labute approximate surface area is 304 Å². The first-order chi connectivity index (χ1) is 22.5. The van der Waals surface area contributed by atoms with Crippen molar-refractivity contribution in [2.75, 3.05) is 0 Å². The van der Waals surface area contributed by atoms with E-state index in [2.05, 4.69) is 114 Å². The minimum absolute atomic E-state index is 0.00521. The molecule has 4 atom stereocenters. The van der Waals surface area contributed by atoms with Crippen molar-refractivity contribution < 1.29 is 18.5 Å². The summed E-state index contributed by atoms with van der Waals surface area (Å²) in [6, 6.07) is -0.00521. The van der Waals surface area contributed by atoms with Crippen molar-refractivity contribution in [3.63, 3.8) is 0 Å². The number of carbonyl (C=O) groups is 1. The van der Waals surface area contributed by atoms with Crippen LogP contribution in [0.15, 0.2) is 47.1 Å². The van der Waals surface area contributed by atoms with Gasteiger partial charge in [-0.15, -0.1) is 0 Å². The highest BCUT2D eigenvalue weighted by Crippen LogP contribution is 2.56. The van der Waals surface area contributed by atoms with Crippen molar-refractivity contribution in [3.05, 3.63) is 47.1 Å². The molecular formula is C42H75NO4Si2. The Hall–Kier alpha value is -1.26. The van der Waals surface area contributed by atoms with E-state index in [4.69, 9.17) is 20.3 Å². The molecule has 0 N–H and O–H groups in total. The van der Waals surface area contributed by atoms with Crippen LogP contribution in [0.5, 0.6) is 0 Å². The molecule has 280 valence electrons. The topological polar surface area (TPSA) is 48.0 Å². The molecule has 0 heterocycles. The molecule has 0 bridgehead atoms. The Bertz CT molecular complexity index is 1280. The summed E-state index contributed by atoms with van der Waals surface area (Å²) in [5.41, 5.74) is 5.61. The van der Waals surface area contributed by atoms with Crippen LogP contribution in [0.25, 0.3) is 0 Å². The van der Waals surface area contributed by atoms with Gasteiger partial charge in [0, 0.05) is 19.8 Å². The normalized spacial score (nSPS) is 28.7. The van der Waals surface area contributed by atoms with Gasteiger partial charge < -0.3 is 8.85 Å². The van der Waals surface area contributed by atoms with E-state index in [-0.39, 0.29) is 33.5 Å². The molecule has 3 rings (SSSR count). The second kappa shape index (κ2) is 15.8. The van der Waals surface area contributed by atoms with Gasteiger partial charge in [0.1, 0.15) is 0 Å². The molecular weight excluding hydrogens is 639 g/mol. The van der Waals surface area contributed by atoms with E-state index >= 15 is 0 Å². The maximum absolute atomic E-state index is 13.5. The lowest BCUT2D eigenvalue weighted by molar-refractivity contribution is -0.328. The van der Waals surface area contributed by atoms with Crippen molar-refractivity contribution in [2.24, 2.45) is 11.3 Å². The van der Waals surface area contributed by atoms with Gasteiger partial charge in [0.2, 0.25) is 5.91 Å². The molecule has 0 aromatic carbocycles. The molecule has 0 unspecified atom stereocenters. The molecule has 2 fully saturated rings.